The molecule has 5 rings (SSSR count). The molecule has 200 valence electrons. The number of hydrogen-bond acceptors (Lipinski definition) is 3. The summed E-state index contributed by atoms with van der Waals surface area (Å²) in [5.41, 5.74) is 5.20. The summed E-state index contributed by atoms with van der Waals surface area (Å²) in [6, 6.07) is 47.4. The van der Waals surface area contributed by atoms with Crippen LogP contribution in [-0.4, -0.2) is 22.5 Å². The van der Waals surface area contributed by atoms with Crippen molar-refractivity contribution in [2.24, 2.45) is 0 Å². The number of nitrogens with zero attached hydrogens (tertiary/aromatic N) is 1. The number of rotatable bonds is 12. The Labute approximate surface area is 236 Å². The average Bonchev–Trinajstić information content (AvgIpc) is 3.01. The number of aliphatic carboxylic acids is 1. The molecule has 0 radical (unpaired) electrons. The normalized spacial score (nSPS) is 11.8. The Balaban J connectivity index is 1.44. The van der Waals surface area contributed by atoms with Crippen molar-refractivity contribution >= 4 is 5.97 Å². The molecule has 4 heteroatoms. The third kappa shape index (κ3) is 7.04. The van der Waals surface area contributed by atoms with Crippen molar-refractivity contribution < 1.29 is 14.6 Å². The Hall–Kier alpha value is -4.67. The Kier molecular flexibility index (Phi) is 9.02. The molecule has 5 aromatic carbocycles. The monoisotopic (exact) mass is 527 g/mol. The van der Waals surface area contributed by atoms with E-state index < -0.39 is 12.0 Å². The van der Waals surface area contributed by atoms with Crippen molar-refractivity contribution in [3.05, 3.63) is 173 Å². The first-order valence-corrected chi connectivity index (χ1v) is 13.5. The van der Waals surface area contributed by atoms with E-state index in [-0.39, 0.29) is 5.92 Å². The van der Waals surface area contributed by atoms with Crippen LogP contribution in [0.1, 0.15) is 39.8 Å². The first-order chi connectivity index (χ1) is 19.7. The molecule has 1 N–H and O–H groups in total. The molecule has 4 nitrogen and oxygen atoms in total. The van der Waals surface area contributed by atoms with Gasteiger partial charge in [0, 0.05) is 19.0 Å². The van der Waals surface area contributed by atoms with Gasteiger partial charge in [-0.1, -0.05) is 133 Å². The molecule has 0 bridgehead atoms. The number of ether oxygens (including phenoxy) is 1. The second-order valence-corrected chi connectivity index (χ2v) is 9.87. The van der Waals surface area contributed by atoms with Crippen molar-refractivity contribution in [1.82, 2.24) is 4.90 Å². The fraction of sp³-hybridized carbons (Fsp3) is 0.139. The van der Waals surface area contributed by atoms with Crippen molar-refractivity contribution in [3.63, 3.8) is 0 Å². The van der Waals surface area contributed by atoms with Gasteiger partial charge in [-0.25, -0.2) is 0 Å². The zero-order chi connectivity index (χ0) is 27.6. The molecule has 0 aliphatic heterocycles. The average molecular weight is 528 g/mol. The van der Waals surface area contributed by atoms with Crippen LogP contribution >= 0.6 is 0 Å². The Morgan fingerprint density at radius 1 is 0.600 bits per heavy atom. The molecule has 0 amide bonds. The van der Waals surface area contributed by atoms with Crippen LogP contribution < -0.4 is 4.74 Å². The lowest BCUT2D eigenvalue weighted by atomic mass is 9.89. The summed E-state index contributed by atoms with van der Waals surface area (Å²) in [4.78, 5) is 14.9. The number of carboxylic acid groups (broad SMARTS) is 1. The molecule has 0 fully saturated rings. The first kappa shape index (κ1) is 26.9. The van der Waals surface area contributed by atoms with Gasteiger partial charge in [0.1, 0.15) is 18.4 Å². The zero-order valence-corrected chi connectivity index (χ0v) is 22.3. The van der Waals surface area contributed by atoms with E-state index in [2.05, 4.69) is 29.2 Å². The Morgan fingerprint density at radius 2 is 1.07 bits per heavy atom. The van der Waals surface area contributed by atoms with E-state index in [1.54, 1.807) is 0 Å². The summed E-state index contributed by atoms with van der Waals surface area (Å²) >= 11 is 0. The van der Waals surface area contributed by atoms with Gasteiger partial charge in [-0.2, -0.15) is 0 Å². The number of benzene rings is 5. The lowest BCUT2D eigenvalue weighted by Crippen LogP contribution is -2.37. The highest BCUT2D eigenvalue weighted by molar-refractivity contribution is 5.75. The Bertz CT molecular complexity index is 1420. The maximum Gasteiger partial charge on any atom is 0.325 e. The highest BCUT2D eigenvalue weighted by Crippen LogP contribution is 2.31. The minimum atomic E-state index is -0.867. The van der Waals surface area contributed by atoms with E-state index in [0.717, 1.165) is 33.6 Å². The fourth-order valence-electron chi connectivity index (χ4n) is 5.08. The maximum absolute atomic E-state index is 12.8. The molecule has 5 aromatic rings. The molecule has 0 heterocycles. The van der Waals surface area contributed by atoms with E-state index in [1.807, 2.05) is 121 Å². The highest BCUT2D eigenvalue weighted by atomic mass is 16.5. The molecule has 1 atom stereocenters. The summed E-state index contributed by atoms with van der Waals surface area (Å²) < 4.78 is 5.98. The highest BCUT2D eigenvalue weighted by Gasteiger charge is 2.30. The summed E-state index contributed by atoms with van der Waals surface area (Å²) in [5, 5.41) is 10.5. The minimum absolute atomic E-state index is 0.00133. The SMILES string of the molecule is O=C(O)[C@@H](c1ccccc1)N(Cc1ccc(OCc2ccccc2)cc1)CC(c1ccccc1)c1ccccc1. The molecule has 0 saturated carbocycles. The molecule has 40 heavy (non-hydrogen) atoms. The summed E-state index contributed by atoms with van der Waals surface area (Å²) in [6.45, 7) is 1.50. The summed E-state index contributed by atoms with van der Waals surface area (Å²) in [7, 11) is 0. The van der Waals surface area contributed by atoms with Crippen LogP contribution in [0.4, 0.5) is 0 Å². The quantitative estimate of drug-likeness (QED) is 0.180. The Morgan fingerprint density at radius 3 is 1.57 bits per heavy atom. The lowest BCUT2D eigenvalue weighted by Gasteiger charge is -2.33. The topological polar surface area (TPSA) is 49.8 Å². The van der Waals surface area contributed by atoms with Crippen LogP contribution in [0.15, 0.2) is 146 Å². The van der Waals surface area contributed by atoms with Crippen LogP contribution in [0, 0.1) is 0 Å². The number of carbonyl (C=O) groups is 1. The van der Waals surface area contributed by atoms with Crippen molar-refractivity contribution in [3.8, 4) is 5.75 Å². The van der Waals surface area contributed by atoms with E-state index in [4.69, 9.17) is 4.74 Å². The van der Waals surface area contributed by atoms with Crippen LogP contribution in [0.2, 0.25) is 0 Å². The smallest absolute Gasteiger partial charge is 0.325 e. The van der Waals surface area contributed by atoms with Crippen LogP contribution in [0.25, 0.3) is 0 Å². The van der Waals surface area contributed by atoms with Crippen LogP contribution in [0.3, 0.4) is 0 Å². The molecule has 0 aliphatic carbocycles. The number of carboxylic acids is 1. The summed E-state index contributed by atoms with van der Waals surface area (Å²) in [5.74, 6) is -0.0845. The van der Waals surface area contributed by atoms with Gasteiger partial charge in [0.25, 0.3) is 0 Å². The van der Waals surface area contributed by atoms with Gasteiger partial charge in [-0.3, -0.25) is 9.69 Å². The van der Waals surface area contributed by atoms with Gasteiger partial charge in [0.15, 0.2) is 0 Å². The van der Waals surface area contributed by atoms with Gasteiger partial charge in [-0.05, 0) is 39.9 Å². The lowest BCUT2D eigenvalue weighted by molar-refractivity contribution is -0.144. The largest absolute Gasteiger partial charge is 0.489 e. The second-order valence-electron chi connectivity index (χ2n) is 9.87. The predicted molar refractivity (Wildman–Crippen MR) is 159 cm³/mol. The van der Waals surface area contributed by atoms with E-state index in [9.17, 15) is 9.90 Å². The second kappa shape index (κ2) is 13.4. The molecule has 0 aliphatic rings. The zero-order valence-electron chi connectivity index (χ0n) is 22.3. The molecule has 0 spiro atoms. The predicted octanol–water partition coefficient (Wildman–Crippen LogP) is 7.73. The van der Waals surface area contributed by atoms with Crippen LogP contribution in [0.5, 0.6) is 5.75 Å². The third-order valence-electron chi connectivity index (χ3n) is 7.09. The van der Waals surface area contributed by atoms with Crippen LogP contribution in [-0.2, 0) is 17.9 Å². The fourth-order valence-corrected chi connectivity index (χ4v) is 5.08. The van der Waals surface area contributed by atoms with E-state index in [0.29, 0.717) is 19.7 Å². The van der Waals surface area contributed by atoms with Crippen molar-refractivity contribution in [2.75, 3.05) is 6.54 Å². The first-order valence-electron chi connectivity index (χ1n) is 13.5. The molecular formula is C36H33NO3. The maximum atomic E-state index is 12.8. The standard InChI is InChI=1S/C36H33NO3/c38-36(39)35(32-19-11-4-12-20-32)37(26-34(30-15-7-2-8-16-30)31-17-9-3-10-18-31)25-28-21-23-33(24-22-28)40-27-29-13-5-1-6-14-29/h1-24,34-35H,25-27H2,(H,38,39)/t35-/m1/s1. The number of hydrogen-bond donors (Lipinski definition) is 1. The van der Waals surface area contributed by atoms with E-state index in [1.165, 1.54) is 0 Å². The van der Waals surface area contributed by atoms with Gasteiger partial charge in [-0.15, -0.1) is 0 Å². The summed E-state index contributed by atoms with van der Waals surface area (Å²) in [6.07, 6.45) is 0. The van der Waals surface area contributed by atoms with Crippen molar-refractivity contribution in [2.45, 2.75) is 25.1 Å². The minimum Gasteiger partial charge on any atom is -0.489 e. The van der Waals surface area contributed by atoms with Crippen molar-refractivity contribution in [1.29, 1.82) is 0 Å². The third-order valence-corrected chi connectivity index (χ3v) is 7.09. The molecule has 0 saturated heterocycles. The molecule has 0 unspecified atom stereocenters. The van der Waals surface area contributed by atoms with Gasteiger partial charge in [0.05, 0.1) is 0 Å². The van der Waals surface area contributed by atoms with E-state index >= 15 is 0 Å². The molecule has 0 aromatic heterocycles. The molecular weight excluding hydrogens is 494 g/mol. The van der Waals surface area contributed by atoms with Gasteiger partial charge in [0.2, 0.25) is 0 Å². The van der Waals surface area contributed by atoms with Gasteiger partial charge >= 0.3 is 5.97 Å². The van der Waals surface area contributed by atoms with Gasteiger partial charge < -0.3 is 9.84 Å².